The molecule has 2 aliphatic rings. The highest BCUT2D eigenvalue weighted by Crippen LogP contribution is 2.33. The lowest BCUT2D eigenvalue weighted by molar-refractivity contribution is -0.00263. The van der Waals surface area contributed by atoms with Crippen LogP contribution >= 0.6 is 0 Å². The van der Waals surface area contributed by atoms with Crippen molar-refractivity contribution in [1.82, 2.24) is 15.1 Å². The maximum atomic E-state index is 5.57. The minimum atomic E-state index is 0.146. The second-order valence-corrected chi connectivity index (χ2v) is 7.74. The molecule has 2 aliphatic heterocycles. The number of nitrogens with zero attached hydrogens (tertiary/aromatic N) is 3. The summed E-state index contributed by atoms with van der Waals surface area (Å²) in [6, 6.07) is 0. The normalized spacial score (nSPS) is 28.4. The lowest BCUT2D eigenvalue weighted by Gasteiger charge is -2.42. The first-order valence-corrected chi connectivity index (χ1v) is 9.23. The second kappa shape index (κ2) is 7.84. The van der Waals surface area contributed by atoms with Gasteiger partial charge < -0.3 is 19.9 Å². The van der Waals surface area contributed by atoms with Gasteiger partial charge in [0.05, 0.1) is 6.54 Å². The molecule has 23 heavy (non-hydrogen) atoms. The van der Waals surface area contributed by atoms with Gasteiger partial charge in [0, 0.05) is 38.4 Å². The fourth-order valence-electron chi connectivity index (χ4n) is 3.64. The first-order chi connectivity index (χ1) is 10.9. The van der Waals surface area contributed by atoms with Gasteiger partial charge >= 0.3 is 0 Å². The smallest absolute Gasteiger partial charge is 0.193 e. The molecule has 0 aromatic rings. The summed E-state index contributed by atoms with van der Waals surface area (Å²) in [5, 5.41) is 3.51. The number of hydrogen-bond donors (Lipinski definition) is 1. The monoisotopic (exact) mass is 324 g/mol. The van der Waals surface area contributed by atoms with Gasteiger partial charge in [0.1, 0.15) is 0 Å². The standard InChI is InChI=1S/C18H36N4O/c1-6-17(3)8-11-22(15-17)16(19-7-2)20-14-18(21(4)5)9-12-23-13-10-18/h6-15H2,1-5H3,(H,19,20). The minimum absolute atomic E-state index is 0.146. The van der Waals surface area contributed by atoms with Crippen LogP contribution in [0.25, 0.3) is 0 Å². The zero-order chi connectivity index (χ0) is 16.9. The molecular weight excluding hydrogens is 288 g/mol. The van der Waals surface area contributed by atoms with Crippen LogP contribution < -0.4 is 5.32 Å². The Morgan fingerprint density at radius 2 is 1.91 bits per heavy atom. The summed E-state index contributed by atoms with van der Waals surface area (Å²) in [7, 11) is 4.36. The molecule has 1 N–H and O–H groups in total. The van der Waals surface area contributed by atoms with Crippen molar-refractivity contribution >= 4 is 5.96 Å². The van der Waals surface area contributed by atoms with Crippen LogP contribution in [0.2, 0.25) is 0 Å². The van der Waals surface area contributed by atoms with Gasteiger partial charge in [-0.25, -0.2) is 0 Å². The predicted octanol–water partition coefficient (Wildman–Crippen LogP) is 2.18. The zero-order valence-electron chi connectivity index (χ0n) is 15.8. The molecule has 0 aliphatic carbocycles. The molecule has 0 aromatic carbocycles. The molecule has 0 spiro atoms. The van der Waals surface area contributed by atoms with E-state index in [9.17, 15) is 0 Å². The van der Waals surface area contributed by atoms with Gasteiger partial charge in [-0.15, -0.1) is 0 Å². The third-order valence-corrected chi connectivity index (χ3v) is 5.94. The molecule has 0 aromatic heterocycles. The summed E-state index contributed by atoms with van der Waals surface area (Å²) in [6.07, 6.45) is 4.63. The van der Waals surface area contributed by atoms with Gasteiger partial charge in [-0.2, -0.15) is 0 Å². The number of likely N-dealkylation sites (N-methyl/N-ethyl adjacent to an activating group) is 1. The summed E-state index contributed by atoms with van der Waals surface area (Å²) in [6.45, 7) is 12.6. The number of likely N-dealkylation sites (tertiary alicyclic amines) is 1. The van der Waals surface area contributed by atoms with Crippen molar-refractivity contribution in [3.63, 3.8) is 0 Å². The summed E-state index contributed by atoms with van der Waals surface area (Å²) in [5.74, 6) is 1.09. The van der Waals surface area contributed by atoms with Gasteiger partial charge in [-0.3, -0.25) is 4.99 Å². The lowest BCUT2D eigenvalue weighted by atomic mass is 9.87. The third-order valence-electron chi connectivity index (χ3n) is 5.94. The number of nitrogens with one attached hydrogen (secondary N) is 1. The molecule has 0 radical (unpaired) electrons. The van der Waals surface area contributed by atoms with E-state index in [1.807, 2.05) is 0 Å². The van der Waals surface area contributed by atoms with Crippen molar-refractivity contribution in [3.8, 4) is 0 Å². The molecule has 134 valence electrons. The van der Waals surface area contributed by atoms with Gasteiger partial charge in [-0.05, 0) is 52.1 Å². The maximum absolute atomic E-state index is 5.57. The maximum Gasteiger partial charge on any atom is 0.193 e. The van der Waals surface area contributed by atoms with E-state index in [-0.39, 0.29) is 5.54 Å². The van der Waals surface area contributed by atoms with Crippen LogP contribution in [0.15, 0.2) is 4.99 Å². The summed E-state index contributed by atoms with van der Waals surface area (Å²) in [4.78, 5) is 9.85. The Balaban J connectivity index is 2.09. The number of rotatable bonds is 5. The molecule has 0 amide bonds. The van der Waals surface area contributed by atoms with E-state index in [2.05, 4.69) is 50.0 Å². The van der Waals surface area contributed by atoms with E-state index < -0.39 is 0 Å². The summed E-state index contributed by atoms with van der Waals surface area (Å²) >= 11 is 0. The number of ether oxygens (including phenoxy) is 1. The van der Waals surface area contributed by atoms with Crippen molar-refractivity contribution < 1.29 is 4.74 Å². The van der Waals surface area contributed by atoms with Crippen LogP contribution in [-0.4, -0.2) is 74.8 Å². The van der Waals surface area contributed by atoms with Gasteiger partial charge in [-0.1, -0.05) is 13.8 Å². The van der Waals surface area contributed by atoms with E-state index in [1.54, 1.807) is 0 Å². The van der Waals surface area contributed by atoms with E-state index in [0.29, 0.717) is 5.41 Å². The van der Waals surface area contributed by atoms with E-state index in [1.165, 1.54) is 12.8 Å². The lowest BCUT2D eigenvalue weighted by Crippen LogP contribution is -2.52. The fraction of sp³-hybridized carbons (Fsp3) is 0.944. The first kappa shape index (κ1) is 18.5. The van der Waals surface area contributed by atoms with Crippen LogP contribution in [0.3, 0.4) is 0 Å². The van der Waals surface area contributed by atoms with Gasteiger partial charge in [0.15, 0.2) is 5.96 Å². The number of aliphatic imine (C=N–C) groups is 1. The van der Waals surface area contributed by atoms with Crippen LogP contribution in [0.5, 0.6) is 0 Å². The minimum Gasteiger partial charge on any atom is -0.381 e. The van der Waals surface area contributed by atoms with Crippen molar-refractivity contribution in [1.29, 1.82) is 0 Å². The Kier molecular flexibility index (Phi) is 6.32. The molecule has 2 fully saturated rings. The topological polar surface area (TPSA) is 40.1 Å². The molecule has 1 atom stereocenters. The van der Waals surface area contributed by atoms with E-state index >= 15 is 0 Å². The van der Waals surface area contributed by atoms with Crippen molar-refractivity contribution in [2.45, 2.75) is 52.0 Å². The quantitative estimate of drug-likeness (QED) is 0.622. The Morgan fingerprint density at radius 3 is 2.43 bits per heavy atom. The van der Waals surface area contributed by atoms with Gasteiger partial charge in [0.25, 0.3) is 0 Å². The Labute approximate surface area is 142 Å². The number of guanidine groups is 1. The average Bonchev–Trinajstić information content (AvgIpc) is 2.95. The Bertz CT molecular complexity index is 404. The van der Waals surface area contributed by atoms with E-state index in [0.717, 1.165) is 58.2 Å². The van der Waals surface area contributed by atoms with Crippen molar-refractivity contribution in [3.05, 3.63) is 0 Å². The highest BCUT2D eigenvalue weighted by Gasteiger charge is 2.36. The highest BCUT2D eigenvalue weighted by molar-refractivity contribution is 5.80. The number of hydrogen-bond acceptors (Lipinski definition) is 3. The highest BCUT2D eigenvalue weighted by atomic mass is 16.5. The molecule has 1 unspecified atom stereocenters. The first-order valence-electron chi connectivity index (χ1n) is 9.23. The molecule has 2 heterocycles. The summed E-state index contributed by atoms with van der Waals surface area (Å²) < 4.78 is 5.57. The molecule has 2 rings (SSSR count). The third kappa shape index (κ3) is 4.38. The van der Waals surface area contributed by atoms with Crippen molar-refractivity contribution in [2.24, 2.45) is 10.4 Å². The SMILES string of the molecule is CCNC(=NCC1(N(C)C)CCOCC1)N1CCC(C)(CC)C1. The van der Waals surface area contributed by atoms with Crippen LogP contribution in [0.1, 0.15) is 46.5 Å². The molecule has 0 bridgehead atoms. The molecular formula is C18H36N4O. The molecule has 0 saturated carbocycles. The van der Waals surface area contributed by atoms with Crippen LogP contribution in [0.4, 0.5) is 0 Å². The summed E-state index contributed by atoms with van der Waals surface area (Å²) in [5.41, 5.74) is 0.584. The average molecular weight is 325 g/mol. The molecule has 5 heteroatoms. The zero-order valence-corrected chi connectivity index (χ0v) is 15.8. The fourth-order valence-corrected chi connectivity index (χ4v) is 3.64. The largest absolute Gasteiger partial charge is 0.381 e. The van der Waals surface area contributed by atoms with Crippen LogP contribution in [0, 0.1) is 5.41 Å². The second-order valence-electron chi connectivity index (χ2n) is 7.74. The Hall–Kier alpha value is -0.810. The molecule has 2 saturated heterocycles. The predicted molar refractivity (Wildman–Crippen MR) is 97.0 cm³/mol. The van der Waals surface area contributed by atoms with Crippen LogP contribution in [-0.2, 0) is 4.74 Å². The van der Waals surface area contributed by atoms with E-state index in [4.69, 9.17) is 9.73 Å². The molecule has 5 nitrogen and oxygen atoms in total. The van der Waals surface area contributed by atoms with Gasteiger partial charge in [0.2, 0.25) is 0 Å². The van der Waals surface area contributed by atoms with Crippen molar-refractivity contribution in [2.75, 3.05) is 53.5 Å². The Morgan fingerprint density at radius 1 is 1.22 bits per heavy atom.